The van der Waals surface area contributed by atoms with E-state index in [2.05, 4.69) is 28.4 Å². The Balaban J connectivity index is 1.77. The first-order chi connectivity index (χ1) is 9.88. The molecule has 2 saturated heterocycles. The molecule has 2 heterocycles. The Hall–Kier alpha value is -1.10. The third-order valence-corrected chi connectivity index (χ3v) is 4.37. The lowest BCUT2D eigenvalue weighted by atomic mass is 9.99. The van der Waals surface area contributed by atoms with Crippen LogP contribution in [0.4, 0.5) is 0 Å². The summed E-state index contributed by atoms with van der Waals surface area (Å²) < 4.78 is 11.1. The highest BCUT2D eigenvalue weighted by molar-refractivity contribution is 5.36. The molecule has 2 aliphatic rings. The van der Waals surface area contributed by atoms with Gasteiger partial charge in [0, 0.05) is 38.3 Å². The van der Waals surface area contributed by atoms with E-state index >= 15 is 0 Å². The molecule has 0 radical (unpaired) electrons. The third-order valence-electron chi connectivity index (χ3n) is 4.37. The van der Waals surface area contributed by atoms with Crippen LogP contribution in [0.5, 0.6) is 5.75 Å². The van der Waals surface area contributed by atoms with Crippen molar-refractivity contribution in [2.24, 2.45) is 5.92 Å². The van der Waals surface area contributed by atoms with Crippen LogP contribution in [0.15, 0.2) is 24.3 Å². The second-order valence-electron chi connectivity index (χ2n) is 5.69. The van der Waals surface area contributed by atoms with Gasteiger partial charge in [-0.3, -0.25) is 4.90 Å². The molecule has 0 amide bonds. The van der Waals surface area contributed by atoms with Gasteiger partial charge in [0.1, 0.15) is 5.75 Å². The number of nitrogens with zero attached hydrogens (tertiary/aromatic N) is 1. The van der Waals surface area contributed by atoms with Crippen LogP contribution < -0.4 is 10.1 Å². The number of rotatable bonds is 4. The smallest absolute Gasteiger partial charge is 0.123 e. The monoisotopic (exact) mass is 276 g/mol. The summed E-state index contributed by atoms with van der Waals surface area (Å²) in [5, 5.41) is 3.51. The minimum absolute atomic E-state index is 0.403. The lowest BCUT2D eigenvalue weighted by molar-refractivity contribution is 0.122. The van der Waals surface area contributed by atoms with Crippen molar-refractivity contribution >= 4 is 0 Å². The normalized spacial score (nSPS) is 27.6. The van der Waals surface area contributed by atoms with Crippen LogP contribution in [-0.2, 0) is 4.74 Å². The summed E-state index contributed by atoms with van der Waals surface area (Å²) in [6.07, 6.45) is 1.20. The Labute approximate surface area is 121 Å². The van der Waals surface area contributed by atoms with Gasteiger partial charge in [-0.25, -0.2) is 0 Å². The van der Waals surface area contributed by atoms with E-state index in [9.17, 15) is 0 Å². The van der Waals surface area contributed by atoms with Gasteiger partial charge in [-0.1, -0.05) is 18.2 Å². The van der Waals surface area contributed by atoms with Gasteiger partial charge in [0.25, 0.3) is 0 Å². The molecular weight excluding hydrogens is 252 g/mol. The molecule has 20 heavy (non-hydrogen) atoms. The second-order valence-corrected chi connectivity index (χ2v) is 5.69. The molecule has 1 aromatic rings. The van der Waals surface area contributed by atoms with Gasteiger partial charge in [0.05, 0.1) is 19.8 Å². The van der Waals surface area contributed by atoms with Gasteiger partial charge in [0.2, 0.25) is 0 Å². The van der Waals surface area contributed by atoms with Gasteiger partial charge in [-0.15, -0.1) is 0 Å². The first-order valence-corrected chi connectivity index (χ1v) is 7.54. The standard InChI is InChI=1S/C16H24N2O2/c1-19-16-5-3-2-4-14(16)15-10-17-7-8-18(15)11-13-6-9-20-12-13/h2-5,13,15,17H,6-12H2,1H3. The Morgan fingerprint density at radius 1 is 1.40 bits per heavy atom. The van der Waals surface area contributed by atoms with E-state index in [0.717, 1.165) is 45.1 Å². The van der Waals surface area contributed by atoms with E-state index in [1.165, 1.54) is 12.0 Å². The van der Waals surface area contributed by atoms with Crippen LogP contribution in [0, 0.1) is 5.92 Å². The lowest BCUT2D eigenvalue weighted by Crippen LogP contribution is -2.47. The summed E-state index contributed by atoms with van der Waals surface area (Å²) >= 11 is 0. The number of benzene rings is 1. The van der Waals surface area contributed by atoms with Crippen molar-refractivity contribution < 1.29 is 9.47 Å². The quantitative estimate of drug-likeness (QED) is 0.907. The number of para-hydroxylation sites is 1. The lowest BCUT2D eigenvalue weighted by Gasteiger charge is -2.38. The Bertz CT molecular complexity index is 432. The Kier molecular flexibility index (Phi) is 4.55. The maximum atomic E-state index is 5.54. The number of nitrogens with one attached hydrogen (secondary N) is 1. The van der Waals surface area contributed by atoms with E-state index < -0.39 is 0 Å². The van der Waals surface area contributed by atoms with Crippen molar-refractivity contribution in [1.29, 1.82) is 0 Å². The fraction of sp³-hybridized carbons (Fsp3) is 0.625. The zero-order chi connectivity index (χ0) is 13.8. The average molecular weight is 276 g/mol. The molecule has 2 fully saturated rings. The van der Waals surface area contributed by atoms with Gasteiger partial charge in [0.15, 0.2) is 0 Å². The molecule has 0 aliphatic carbocycles. The molecule has 2 aliphatic heterocycles. The molecule has 0 spiro atoms. The van der Waals surface area contributed by atoms with Crippen molar-refractivity contribution in [3.05, 3.63) is 29.8 Å². The number of methoxy groups -OCH3 is 1. The highest BCUT2D eigenvalue weighted by Gasteiger charge is 2.29. The fourth-order valence-corrected chi connectivity index (χ4v) is 3.27. The zero-order valence-corrected chi connectivity index (χ0v) is 12.2. The number of hydrogen-bond donors (Lipinski definition) is 1. The van der Waals surface area contributed by atoms with Crippen LogP contribution in [0.1, 0.15) is 18.0 Å². The van der Waals surface area contributed by atoms with Crippen molar-refractivity contribution in [1.82, 2.24) is 10.2 Å². The van der Waals surface area contributed by atoms with Crippen molar-refractivity contribution in [3.8, 4) is 5.75 Å². The molecule has 110 valence electrons. The summed E-state index contributed by atoms with van der Waals surface area (Å²) in [6.45, 7) is 6.13. The Morgan fingerprint density at radius 3 is 3.10 bits per heavy atom. The molecule has 4 nitrogen and oxygen atoms in total. The van der Waals surface area contributed by atoms with E-state index in [4.69, 9.17) is 9.47 Å². The molecule has 1 aromatic carbocycles. The highest BCUT2D eigenvalue weighted by atomic mass is 16.5. The largest absolute Gasteiger partial charge is 0.496 e. The minimum Gasteiger partial charge on any atom is -0.496 e. The second kappa shape index (κ2) is 6.57. The summed E-state index contributed by atoms with van der Waals surface area (Å²) in [5.41, 5.74) is 1.29. The van der Waals surface area contributed by atoms with Gasteiger partial charge in [-0.2, -0.15) is 0 Å². The topological polar surface area (TPSA) is 33.7 Å². The number of hydrogen-bond acceptors (Lipinski definition) is 4. The summed E-state index contributed by atoms with van der Waals surface area (Å²) in [4.78, 5) is 2.59. The SMILES string of the molecule is COc1ccccc1C1CNCCN1CC1CCOC1. The van der Waals surface area contributed by atoms with E-state index in [1.54, 1.807) is 7.11 Å². The number of piperazine rings is 1. The molecule has 4 heteroatoms. The maximum Gasteiger partial charge on any atom is 0.123 e. The molecule has 2 atom stereocenters. The van der Waals surface area contributed by atoms with E-state index in [1.807, 2.05) is 6.07 Å². The summed E-state index contributed by atoms with van der Waals surface area (Å²) in [6, 6.07) is 8.78. The molecule has 0 saturated carbocycles. The molecule has 3 rings (SSSR count). The molecular formula is C16H24N2O2. The number of ether oxygens (including phenoxy) is 2. The maximum absolute atomic E-state index is 5.54. The van der Waals surface area contributed by atoms with Crippen molar-refractivity contribution in [2.45, 2.75) is 12.5 Å². The first kappa shape index (κ1) is 13.9. The molecule has 2 unspecified atom stereocenters. The Morgan fingerprint density at radius 2 is 2.30 bits per heavy atom. The summed E-state index contributed by atoms with van der Waals surface area (Å²) in [7, 11) is 1.75. The van der Waals surface area contributed by atoms with Crippen molar-refractivity contribution in [2.75, 3.05) is 46.5 Å². The minimum atomic E-state index is 0.403. The zero-order valence-electron chi connectivity index (χ0n) is 12.2. The predicted molar refractivity (Wildman–Crippen MR) is 79.1 cm³/mol. The van der Waals surface area contributed by atoms with Gasteiger partial charge >= 0.3 is 0 Å². The van der Waals surface area contributed by atoms with Gasteiger partial charge < -0.3 is 14.8 Å². The molecule has 0 bridgehead atoms. The van der Waals surface area contributed by atoms with Gasteiger partial charge in [-0.05, 0) is 18.4 Å². The first-order valence-electron chi connectivity index (χ1n) is 7.54. The predicted octanol–water partition coefficient (Wildman–Crippen LogP) is 1.68. The summed E-state index contributed by atoms with van der Waals surface area (Å²) in [5.74, 6) is 1.68. The van der Waals surface area contributed by atoms with E-state index in [0.29, 0.717) is 12.0 Å². The average Bonchev–Trinajstić information content (AvgIpc) is 3.01. The van der Waals surface area contributed by atoms with Crippen LogP contribution in [0.3, 0.4) is 0 Å². The van der Waals surface area contributed by atoms with Crippen LogP contribution >= 0.6 is 0 Å². The van der Waals surface area contributed by atoms with Crippen LogP contribution in [0.2, 0.25) is 0 Å². The fourth-order valence-electron chi connectivity index (χ4n) is 3.27. The molecule has 0 aromatic heterocycles. The van der Waals surface area contributed by atoms with Crippen LogP contribution in [0.25, 0.3) is 0 Å². The van der Waals surface area contributed by atoms with E-state index in [-0.39, 0.29) is 0 Å². The molecule has 1 N–H and O–H groups in total. The van der Waals surface area contributed by atoms with Crippen LogP contribution in [-0.4, -0.2) is 51.4 Å². The van der Waals surface area contributed by atoms with Crippen molar-refractivity contribution in [3.63, 3.8) is 0 Å². The third kappa shape index (κ3) is 2.97. The highest BCUT2D eigenvalue weighted by Crippen LogP contribution is 2.31.